The van der Waals surface area contributed by atoms with E-state index in [1.165, 1.54) is 0 Å². The quantitative estimate of drug-likeness (QED) is 0.835. The van der Waals surface area contributed by atoms with Crippen LogP contribution in [0.15, 0.2) is 22.7 Å². The molecule has 0 heterocycles. The fourth-order valence-corrected chi connectivity index (χ4v) is 1.92. The summed E-state index contributed by atoms with van der Waals surface area (Å²) in [4.78, 5) is 11.9. The smallest absolute Gasteiger partial charge is 0.154 e. The normalized spacial score (nSPS) is 12.2. The molecular formula is C13H18BrNO3. The second-order valence-corrected chi connectivity index (χ2v) is 4.84. The molecule has 1 aromatic rings. The molecule has 0 aliphatic heterocycles. The number of nitrogens with two attached hydrogens (primary N) is 1. The predicted molar refractivity (Wildman–Crippen MR) is 73.9 cm³/mol. The summed E-state index contributed by atoms with van der Waals surface area (Å²) >= 11 is 3.42. The number of benzene rings is 1. The van der Waals surface area contributed by atoms with Gasteiger partial charge in [0.25, 0.3) is 0 Å². The molecule has 0 bridgehead atoms. The minimum absolute atomic E-state index is 0.000929. The lowest BCUT2D eigenvalue weighted by Gasteiger charge is -2.11. The number of rotatable bonds is 7. The highest BCUT2D eigenvalue weighted by atomic mass is 79.9. The van der Waals surface area contributed by atoms with Crippen molar-refractivity contribution in [2.75, 3.05) is 20.8 Å². The number of methoxy groups -OCH3 is 2. The molecule has 5 heteroatoms. The van der Waals surface area contributed by atoms with Gasteiger partial charge < -0.3 is 15.2 Å². The Morgan fingerprint density at radius 1 is 1.44 bits per heavy atom. The van der Waals surface area contributed by atoms with E-state index >= 15 is 0 Å². The van der Waals surface area contributed by atoms with Gasteiger partial charge in [-0.3, -0.25) is 4.79 Å². The van der Waals surface area contributed by atoms with Gasteiger partial charge in [-0.1, -0.05) is 15.9 Å². The van der Waals surface area contributed by atoms with Crippen LogP contribution in [0.1, 0.15) is 12.0 Å². The van der Waals surface area contributed by atoms with E-state index in [0.29, 0.717) is 19.4 Å². The van der Waals surface area contributed by atoms with Crippen molar-refractivity contribution >= 4 is 21.7 Å². The van der Waals surface area contributed by atoms with Crippen molar-refractivity contribution in [2.24, 2.45) is 5.73 Å². The molecule has 0 amide bonds. The van der Waals surface area contributed by atoms with Gasteiger partial charge in [-0.05, 0) is 30.2 Å². The molecule has 0 radical (unpaired) electrons. The Labute approximate surface area is 116 Å². The SMILES string of the molecule is COCCC(N)C(=O)Cc1cc(OC)ccc1Br. The van der Waals surface area contributed by atoms with Crippen LogP contribution in [-0.2, 0) is 16.0 Å². The van der Waals surface area contributed by atoms with Gasteiger partial charge in [0.2, 0.25) is 0 Å². The average Bonchev–Trinajstić information content (AvgIpc) is 2.38. The summed E-state index contributed by atoms with van der Waals surface area (Å²) < 4.78 is 10.9. The molecule has 0 fully saturated rings. The molecule has 0 aliphatic rings. The maximum Gasteiger partial charge on any atom is 0.154 e. The van der Waals surface area contributed by atoms with Gasteiger partial charge in [0.15, 0.2) is 5.78 Å². The number of ether oxygens (including phenoxy) is 2. The maximum absolute atomic E-state index is 11.9. The van der Waals surface area contributed by atoms with Crippen molar-refractivity contribution in [3.63, 3.8) is 0 Å². The van der Waals surface area contributed by atoms with Crippen molar-refractivity contribution < 1.29 is 14.3 Å². The minimum Gasteiger partial charge on any atom is -0.497 e. The Hall–Kier alpha value is -0.910. The third-order valence-corrected chi connectivity index (χ3v) is 3.44. The molecule has 2 N–H and O–H groups in total. The highest BCUT2D eigenvalue weighted by molar-refractivity contribution is 9.10. The molecule has 1 atom stereocenters. The zero-order valence-electron chi connectivity index (χ0n) is 10.6. The fraction of sp³-hybridized carbons (Fsp3) is 0.462. The highest BCUT2D eigenvalue weighted by Gasteiger charge is 2.15. The van der Waals surface area contributed by atoms with Crippen molar-refractivity contribution in [3.05, 3.63) is 28.2 Å². The summed E-state index contributed by atoms with van der Waals surface area (Å²) in [5, 5.41) is 0. The predicted octanol–water partition coefficient (Wildman–Crippen LogP) is 1.93. The molecule has 100 valence electrons. The van der Waals surface area contributed by atoms with E-state index < -0.39 is 6.04 Å². The van der Waals surface area contributed by atoms with Crippen LogP contribution in [0.2, 0.25) is 0 Å². The molecule has 1 aromatic carbocycles. The van der Waals surface area contributed by atoms with Crippen LogP contribution in [0.25, 0.3) is 0 Å². The number of hydrogen-bond donors (Lipinski definition) is 1. The van der Waals surface area contributed by atoms with Gasteiger partial charge >= 0.3 is 0 Å². The van der Waals surface area contributed by atoms with Gasteiger partial charge in [-0.25, -0.2) is 0 Å². The number of carbonyl (C=O) groups is 1. The Kier molecular flexibility index (Phi) is 6.32. The van der Waals surface area contributed by atoms with Crippen LogP contribution in [0.3, 0.4) is 0 Å². The standard InChI is InChI=1S/C13H18BrNO3/c1-17-6-5-12(15)13(16)8-9-7-10(18-2)3-4-11(9)14/h3-4,7,12H,5-6,8,15H2,1-2H3. The molecule has 1 rings (SSSR count). The third kappa shape index (κ3) is 4.40. The summed E-state index contributed by atoms with van der Waals surface area (Å²) in [6, 6.07) is 5.05. The number of halogens is 1. The summed E-state index contributed by atoms with van der Waals surface area (Å²) in [7, 11) is 3.19. The summed E-state index contributed by atoms with van der Waals surface area (Å²) in [5.41, 5.74) is 6.68. The fourth-order valence-electron chi connectivity index (χ4n) is 1.54. The Bertz CT molecular complexity index is 409. The van der Waals surface area contributed by atoms with Gasteiger partial charge in [0, 0.05) is 24.6 Å². The van der Waals surface area contributed by atoms with E-state index in [2.05, 4.69) is 15.9 Å². The van der Waals surface area contributed by atoms with Crippen LogP contribution in [0.5, 0.6) is 5.75 Å². The van der Waals surface area contributed by atoms with E-state index in [9.17, 15) is 4.79 Å². The van der Waals surface area contributed by atoms with E-state index in [1.54, 1.807) is 14.2 Å². The molecular weight excluding hydrogens is 298 g/mol. The molecule has 4 nitrogen and oxygen atoms in total. The monoisotopic (exact) mass is 315 g/mol. The first-order valence-corrected chi connectivity index (χ1v) is 6.47. The van der Waals surface area contributed by atoms with E-state index in [0.717, 1.165) is 15.8 Å². The summed E-state index contributed by atoms with van der Waals surface area (Å²) in [5.74, 6) is 0.729. The largest absolute Gasteiger partial charge is 0.497 e. The van der Waals surface area contributed by atoms with Crippen LogP contribution in [0.4, 0.5) is 0 Å². The van der Waals surface area contributed by atoms with Gasteiger partial charge in [0.1, 0.15) is 5.75 Å². The topological polar surface area (TPSA) is 61.5 Å². The number of hydrogen-bond acceptors (Lipinski definition) is 4. The molecule has 1 unspecified atom stereocenters. The van der Waals surface area contributed by atoms with Crippen molar-refractivity contribution in [3.8, 4) is 5.75 Å². The lowest BCUT2D eigenvalue weighted by molar-refractivity contribution is -0.120. The first-order valence-electron chi connectivity index (χ1n) is 5.68. The average molecular weight is 316 g/mol. The van der Waals surface area contributed by atoms with Gasteiger partial charge in [-0.2, -0.15) is 0 Å². The molecule has 0 aromatic heterocycles. The van der Waals surface area contributed by atoms with E-state index in [4.69, 9.17) is 15.2 Å². The first-order chi connectivity index (χ1) is 8.58. The van der Waals surface area contributed by atoms with Crippen LogP contribution in [-0.4, -0.2) is 32.7 Å². The Balaban J connectivity index is 2.68. The van der Waals surface area contributed by atoms with Crippen LogP contribution in [0, 0.1) is 0 Å². The molecule has 0 saturated carbocycles. The molecule has 0 aliphatic carbocycles. The van der Waals surface area contributed by atoms with Crippen LogP contribution < -0.4 is 10.5 Å². The summed E-state index contributed by atoms with van der Waals surface area (Å²) in [6.07, 6.45) is 0.833. The van der Waals surface area contributed by atoms with E-state index in [1.807, 2.05) is 18.2 Å². The molecule has 18 heavy (non-hydrogen) atoms. The Morgan fingerprint density at radius 3 is 2.78 bits per heavy atom. The maximum atomic E-state index is 11.9. The Morgan fingerprint density at radius 2 is 2.17 bits per heavy atom. The second-order valence-electron chi connectivity index (χ2n) is 3.99. The first kappa shape index (κ1) is 15.1. The van der Waals surface area contributed by atoms with Crippen molar-refractivity contribution in [2.45, 2.75) is 18.9 Å². The molecule has 0 saturated heterocycles. The van der Waals surface area contributed by atoms with E-state index in [-0.39, 0.29) is 5.78 Å². The zero-order chi connectivity index (χ0) is 13.5. The number of Topliss-reactive ketones (excluding diaryl/α,β-unsaturated/α-hetero) is 1. The second kappa shape index (κ2) is 7.51. The highest BCUT2D eigenvalue weighted by Crippen LogP contribution is 2.23. The lowest BCUT2D eigenvalue weighted by Crippen LogP contribution is -2.33. The minimum atomic E-state index is -0.483. The van der Waals surface area contributed by atoms with Crippen molar-refractivity contribution in [1.82, 2.24) is 0 Å². The van der Waals surface area contributed by atoms with Gasteiger partial charge in [-0.15, -0.1) is 0 Å². The third-order valence-electron chi connectivity index (χ3n) is 2.66. The number of ketones is 1. The van der Waals surface area contributed by atoms with Crippen molar-refractivity contribution in [1.29, 1.82) is 0 Å². The zero-order valence-corrected chi connectivity index (χ0v) is 12.2. The molecule has 0 spiro atoms. The summed E-state index contributed by atoms with van der Waals surface area (Å²) in [6.45, 7) is 0.492. The lowest BCUT2D eigenvalue weighted by atomic mass is 10.0. The number of carbonyl (C=O) groups excluding carboxylic acids is 1. The van der Waals surface area contributed by atoms with Gasteiger partial charge in [0.05, 0.1) is 13.2 Å². The van der Waals surface area contributed by atoms with Crippen LogP contribution >= 0.6 is 15.9 Å².